The van der Waals surface area contributed by atoms with Gasteiger partial charge in [-0.05, 0) is 24.8 Å². The van der Waals surface area contributed by atoms with Crippen LogP contribution in [0.15, 0.2) is 0 Å². The molecule has 0 saturated heterocycles. The van der Waals surface area contributed by atoms with Gasteiger partial charge < -0.3 is 21.3 Å². The number of aliphatic carboxylic acids is 1. The number of carboxylic acids is 1. The molecule has 1 aliphatic carbocycles. The van der Waals surface area contributed by atoms with E-state index in [-0.39, 0.29) is 30.8 Å². The van der Waals surface area contributed by atoms with Gasteiger partial charge in [0.15, 0.2) is 0 Å². The van der Waals surface area contributed by atoms with Crippen LogP contribution < -0.4 is 11.1 Å². The van der Waals surface area contributed by atoms with E-state index < -0.39 is 12.0 Å². The summed E-state index contributed by atoms with van der Waals surface area (Å²) in [5, 5.41) is 20.2. The van der Waals surface area contributed by atoms with Crippen molar-refractivity contribution in [1.82, 2.24) is 5.32 Å². The first-order valence-electron chi connectivity index (χ1n) is 6.86. The topological polar surface area (TPSA) is 113 Å². The lowest BCUT2D eigenvalue weighted by atomic mass is 9.71. The van der Waals surface area contributed by atoms with Crippen LogP contribution in [0.2, 0.25) is 0 Å². The smallest absolute Gasteiger partial charge is 0.326 e. The van der Waals surface area contributed by atoms with Gasteiger partial charge in [0.2, 0.25) is 5.91 Å². The number of carbonyl (C=O) groups excluding carboxylic acids is 1. The van der Waals surface area contributed by atoms with Gasteiger partial charge in [-0.3, -0.25) is 4.79 Å². The van der Waals surface area contributed by atoms with Gasteiger partial charge in [0.25, 0.3) is 0 Å². The number of amides is 1. The lowest BCUT2D eigenvalue weighted by Gasteiger charge is -2.35. The van der Waals surface area contributed by atoms with E-state index in [0.29, 0.717) is 6.54 Å². The first-order valence-corrected chi connectivity index (χ1v) is 6.86. The molecule has 0 spiro atoms. The molecular weight excluding hydrogens is 248 g/mol. The van der Waals surface area contributed by atoms with Crippen molar-refractivity contribution in [3.05, 3.63) is 0 Å². The second kappa shape index (κ2) is 7.45. The van der Waals surface area contributed by atoms with Crippen LogP contribution in [-0.4, -0.2) is 41.3 Å². The molecule has 0 aliphatic heterocycles. The summed E-state index contributed by atoms with van der Waals surface area (Å²) in [6, 6.07) is -1.02. The van der Waals surface area contributed by atoms with E-state index in [9.17, 15) is 9.59 Å². The lowest BCUT2D eigenvalue weighted by Crippen LogP contribution is -2.45. The van der Waals surface area contributed by atoms with Crippen molar-refractivity contribution in [2.24, 2.45) is 11.1 Å². The molecule has 0 heterocycles. The van der Waals surface area contributed by atoms with E-state index in [4.69, 9.17) is 15.9 Å². The van der Waals surface area contributed by atoms with Crippen molar-refractivity contribution in [2.45, 2.75) is 51.0 Å². The summed E-state index contributed by atoms with van der Waals surface area (Å²) in [5.41, 5.74) is 5.62. The minimum absolute atomic E-state index is 0.0245. The Hall–Kier alpha value is -1.14. The van der Waals surface area contributed by atoms with E-state index in [1.165, 1.54) is 6.42 Å². The molecule has 0 aromatic rings. The van der Waals surface area contributed by atoms with Gasteiger partial charge in [-0.2, -0.15) is 0 Å². The molecule has 0 aromatic heterocycles. The highest BCUT2D eigenvalue weighted by Gasteiger charge is 2.33. The Bertz CT molecular complexity index is 314. The third-order valence-electron chi connectivity index (χ3n) is 3.93. The van der Waals surface area contributed by atoms with Crippen molar-refractivity contribution in [1.29, 1.82) is 0 Å². The first kappa shape index (κ1) is 15.9. The Morgan fingerprint density at radius 3 is 2.37 bits per heavy atom. The molecule has 1 aliphatic rings. The summed E-state index contributed by atoms with van der Waals surface area (Å²) >= 11 is 0. The molecule has 1 fully saturated rings. The van der Waals surface area contributed by atoms with Crippen LogP contribution in [0.25, 0.3) is 0 Å². The average Bonchev–Trinajstić information content (AvgIpc) is 2.39. The molecule has 0 aromatic carbocycles. The molecule has 6 heteroatoms. The lowest BCUT2D eigenvalue weighted by molar-refractivity contribution is -0.142. The van der Waals surface area contributed by atoms with Gasteiger partial charge in [0, 0.05) is 19.4 Å². The third-order valence-corrected chi connectivity index (χ3v) is 3.93. The molecule has 1 atom stereocenters. The summed E-state index contributed by atoms with van der Waals surface area (Å²) in [7, 11) is 0. The van der Waals surface area contributed by atoms with Crippen molar-refractivity contribution >= 4 is 11.9 Å². The van der Waals surface area contributed by atoms with E-state index in [2.05, 4.69) is 5.32 Å². The number of carboxylic acid groups (broad SMARTS) is 1. The van der Waals surface area contributed by atoms with Crippen LogP contribution in [0.3, 0.4) is 0 Å². The number of hydrogen-bond acceptors (Lipinski definition) is 4. The van der Waals surface area contributed by atoms with Gasteiger partial charge >= 0.3 is 5.97 Å². The standard InChI is InChI=1S/C13H24N2O4/c14-9-13(5-2-1-3-6-13)8-11(17)15-10(4-7-16)12(18)19/h10,16H,1-9,14H2,(H,15,17)(H,18,19)/t10-/m0/s1. The van der Waals surface area contributed by atoms with Crippen LogP contribution in [-0.2, 0) is 9.59 Å². The Kier molecular flexibility index (Phi) is 6.24. The van der Waals surface area contributed by atoms with Gasteiger partial charge in [0.05, 0.1) is 0 Å². The maximum atomic E-state index is 12.0. The quantitative estimate of drug-likeness (QED) is 0.530. The molecule has 0 bridgehead atoms. The van der Waals surface area contributed by atoms with Crippen molar-refractivity contribution < 1.29 is 19.8 Å². The van der Waals surface area contributed by atoms with E-state index in [1.54, 1.807) is 0 Å². The summed E-state index contributed by atoms with van der Waals surface area (Å²) in [5.74, 6) is -1.40. The van der Waals surface area contributed by atoms with Gasteiger partial charge in [0.1, 0.15) is 6.04 Å². The van der Waals surface area contributed by atoms with Crippen molar-refractivity contribution in [2.75, 3.05) is 13.2 Å². The van der Waals surface area contributed by atoms with E-state index in [1.807, 2.05) is 0 Å². The average molecular weight is 272 g/mol. The van der Waals surface area contributed by atoms with Crippen molar-refractivity contribution in [3.63, 3.8) is 0 Å². The molecule has 19 heavy (non-hydrogen) atoms. The van der Waals surface area contributed by atoms with Crippen LogP contribution in [0.1, 0.15) is 44.9 Å². The Labute approximate surface area is 113 Å². The summed E-state index contributed by atoms with van der Waals surface area (Å²) in [6.45, 7) is 0.192. The Morgan fingerprint density at radius 1 is 1.26 bits per heavy atom. The SMILES string of the molecule is NCC1(CC(=O)N[C@@H](CCO)C(=O)O)CCCCC1. The van der Waals surface area contributed by atoms with Gasteiger partial charge in [-0.25, -0.2) is 4.79 Å². The fraction of sp³-hybridized carbons (Fsp3) is 0.846. The highest BCUT2D eigenvalue weighted by atomic mass is 16.4. The molecule has 0 radical (unpaired) electrons. The number of rotatable bonds is 7. The number of nitrogens with one attached hydrogen (secondary N) is 1. The zero-order valence-electron chi connectivity index (χ0n) is 11.2. The minimum atomic E-state index is -1.12. The number of aliphatic hydroxyl groups is 1. The van der Waals surface area contributed by atoms with Crippen LogP contribution in [0.5, 0.6) is 0 Å². The maximum Gasteiger partial charge on any atom is 0.326 e. The highest BCUT2D eigenvalue weighted by molar-refractivity contribution is 5.83. The van der Waals surface area contributed by atoms with E-state index in [0.717, 1.165) is 25.7 Å². The molecule has 5 N–H and O–H groups in total. The van der Waals surface area contributed by atoms with E-state index >= 15 is 0 Å². The van der Waals surface area contributed by atoms with Gasteiger partial charge in [-0.15, -0.1) is 0 Å². The van der Waals surface area contributed by atoms with Gasteiger partial charge in [-0.1, -0.05) is 19.3 Å². The second-order valence-corrected chi connectivity index (χ2v) is 5.41. The predicted octanol–water partition coefficient (Wildman–Crippen LogP) is 0.238. The van der Waals surface area contributed by atoms with Crippen LogP contribution >= 0.6 is 0 Å². The molecule has 0 unspecified atom stereocenters. The third kappa shape index (κ3) is 4.80. The second-order valence-electron chi connectivity index (χ2n) is 5.41. The fourth-order valence-electron chi connectivity index (χ4n) is 2.73. The highest BCUT2D eigenvalue weighted by Crippen LogP contribution is 2.38. The Balaban J connectivity index is 2.54. The summed E-state index contributed by atoms with van der Waals surface area (Å²) < 4.78 is 0. The molecule has 1 rings (SSSR count). The zero-order chi connectivity index (χ0) is 14.3. The fourth-order valence-corrected chi connectivity index (χ4v) is 2.73. The van der Waals surface area contributed by atoms with Crippen LogP contribution in [0, 0.1) is 5.41 Å². The number of aliphatic hydroxyl groups excluding tert-OH is 1. The largest absolute Gasteiger partial charge is 0.480 e. The minimum Gasteiger partial charge on any atom is -0.480 e. The number of carbonyl (C=O) groups is 2. The molecular formula is C13H24N2O4. The summed E-state index contributed by atoms with van der Waals surface area (Å²) in [4.78, 5) is 22.9. The Morgan fingerprint density at radius 2 is 1.89 bits per heavy atom. The van der Waals surface area contributed by atoms with Crippen LogP contribution in [0.4, 0.5) is 0 Å². The zero-order valence-corrected chi connectivity index (χ0v) is 11.2. The molecule has 1 saturated carbocycles. The number of nitrogens with two attached hydrogens (primary N) is 1. The monoisotopic (exact) mass is 272 g/mol. The molecule has 1 amide bonds. The summed E-state index contributed by atoms with van der Waals surface area (Å²) in [6.07, 6.45) is 5.47. The normalized spacial score (nSPS) is 19.7. The first-order chi connectivity index (χ1) is 9.03. The molecule has 6 nitrogen and oxygen atoms in total. The molecule has 110 valence electrons. The maximum absolute atomic E-state index is 12.0. The predicted molar refractivity (Wildman–Crippen MR) is 70.5 cm³/mol. The van der Waals surface area contributed by atoms with Crippen molar-refractivity contribution in [3.8, 4) is 0 Å². The number of hydrogen-bond donors (Lipinski definition) is 4.